The van der Waals surface area contributed by atoms with E-state index in [1.54, 1.807) is 11.0 Å². The molecule has 0 aromatic heterocycles. The Morgan fingerprint density at radius 1 is 1.39 bits per heavy atom. The van der Waals surface area contributed by atoms with Gasteiger partial charge in [0.2, 0.25) is 11.8 Å². The highest BCUT2D eigenvalue weighted by molar-refractivity contribution is 6.02. The van der Waals surface area contributed by atoms with E-state index in [0.29, 0.717) is 25.2 Å². The number of hydrogen-bond acceptors (Lipinski definition) is 3. The summed E-state index contributed by atoms with van der Waals surface area (Å²) in [7, 11) is 0. The second-order valence-corrected chi connectivity index (χ2v) is 4.25. The number of nitrogens with two attached hydrogens (primary N) is 1. The molecule has 2 amide bonds. The molecule has 1 fully saturated rings. The topological polar surface area (TPSA) is 75.4 Å². The summed E-state index contributed by atoms with van der Waals surface area (Å²) < 4.78 is 0. The van der Waals surface area contributed by atoms with Crippen LogP contribution >= 0.6 is 0 Å². The third-order valence-electron chi connectivity index (χ3n) is 2.91. The molecular formula is C13H17N3O2. The first kappa shape index (κ1) is 12.6. The number of nitrogens with one attached hydrogen (secondary N) is 1. The summed E-state index contributed by atoms with van der Waals surface area (Å²) in [5.74, 6) is -0.0212. The van der Waals surface area contributed by atoms with Crippen LogP contribution in [0.15, 0.2) is 24.3 Å². The van der Waals surface area contributed by atoms with Crippen LogP contribution in [0.2, 0.25) is 0 Å². The molecule has 1 heterocycles. The van der Waals surface area contributed by atoms with Gasteiger partial charge in [-0.15, -0.1) is 0 Å². The van der Waals surface area contributed by atoms with E-state index in [4.69, 9.17) is 5.73 Å². The number of hydrogen-bond donors (Lipinski definition) is 2. The molecule has 5 heteroatoms. The van der Waals surface area contributed by atoms with Gasteiger partial charge in [-0.3, -0.25) is 9.59 Å². The van der Waals surface area contributed by atoms with Gasteiger partial charge in [-0.25, -0.2) is 0 Å². The Labute approximate surface area is 106 Å². The minimum atomic E-state index is -0.128. The van der Waals surface area contributed by atoms with Gasteiger partial charge in [0, 0.05) is 25.9 Å². The predicted molar refractivity (Wildman–Crippen MR) is 70.3 cm³/mol. The zero-order chi connectivity index (χ0) is 13.0. The summed E-state index contributed by atoms with van der Waals surface area (Å²) in [5, 5.41) is 2.80. The molecule has 0 saturated carbocycles. The summed E-state index contributed by atoms with van der Waals surface area (Å²) in [6, 6.07) is 7.35. The van der Waals surface area contributed by atoms with E-state index in [1.807, 2.05) is 18.2 Å². The lowest BCUT2D eigenvalue weighted by Gasteiger charge is -2.19. The van der Waals surface area contributed by atoms with Crippen molar-refractivity contribution in [3.63, 3.8) is 0 Å². The minimum absolute atomic E-state index is 0.107. The standard InChI is InChI=1S/C13H17N3O2/c14-8-7-12(17)15-10-4-1-2-5-11(10)16-9-3-6-13(16)18/h1-2,4-5H,3,6-9,14H2,(H,15,17). The van der Waals surface area contributed by atoms with Crippen LogP contribution < -0.4 is 16.0 Å². The summed E-state index contributed by atoms with van der Waals surface area (Å²) >= 11 is 0. The predicted octanol–water partition coefficient (Wildman–Crippen LogP) is 1.10. The van der Waals surface area contributed by atoms with E-state index >= 15 is 0 Å². The Balaban J connectivity index is 2.20. The molecule has 1 aliphatic rings. The second kappa shape index (κ2) is 5.64. The number of carbonyl (C=O) groups is 2. The highest BCUT2D eigenvalue weighted by Crippen LogP contribution is 2.29. The van der Waals surface area contributed by atoms with Crippen LogP contribution in [-0.4, -0.2) is 24.9 Å². The highest BCUT2D eigenvalue weighted by atomic mass is 16.2. The molecule has 0 radical (unpaired) electrons. The van der Waals surface area contributed by atoms with Crippen LogP contribution in [0.25, 0.3) is 0 Å². The highest BCUT2D eigenvalue weighted by Gasteiger charge is 2.23. The van der Waals surface area contributed by atoms with E-state index < -0.39 is 0 Å². The monoisotopic (exact) mass is 247 g/mol. The fourth-order valence-corrected chi connectivity index (χ4v) is 2.06. The minimum Gasteiger partial charge on any atom is -0.330 e. The molecule has 0 aliphatic carbocycles. The molecule has 1 saturated heterocycles. The van der Waals surface area contributed by atoms with Gasteiger partial charge in [-0.05, 0) is 18.6 Å². The van der Waals surface area contributed by atoms with Crippen molar-refractivity contribution in [3.8, 4) is 0 Å². The summed E-state index contributed by atoms with van der Waals surface area (Å²) in [4.78, 5) is 25.0. The quantitative estimate of drug-likeness (QED) is 0.836. The molecule has 3 N–H and O–H groups in total. The molecule has 0 spiro atoms. The normalized spacial score (nSPS) is 14.9. The van der Waals surface area contributed by atoms with Crippen LogP contribution in [0.4, 0.5) is 11.4 Å². The largest absolute Gasteiger partial charge is 0.330 e. The first-order chi connectivity index (χ1) is 8.72. The van der Waals surface area contributed by atoms with Crippen LogP contribution in [0.5, 0.6) is 0 Å². The lowest BCUT2D eigenvalue weighted by atomic mass is 10.2. The Bertz CT molecular complexity index is 459. The molecule has 18 heavy (non-hydrogen) atoms. The van der Waals surface area contributed by atoms with Crippen molar-refractivity contribution in [3.05, 3.63) is 24.3 Å². The summed E-state index contributed by atoms with van der Waals surface area (Å²) in [6.45, 7) is 1.03. The molecule has 96 valence electrons. The Kier molecular flexibility index (Phi) is 3.94. The van der Waals surface area contributed by atoms with E-state index in [2.05, 4.69) is 5.32 Å². The summed E-state index contributed by atoms with van der Waals surface area (Å²) in [6.07, 6.45) is 1.72. The maximum Gasteiger partial charge on any atom is 0.227 e. The van der Waals surface area contributed by atoms with Gasteiger partial charge in [-0.2, -0.15) is 0 Å². The maximum absolute atomic E-state index is 11.7. The molecule has 0 atom stereocenters. The summed E-state index contributed by atoms with van der Waals surface area (Å²) in [5.41, 5.74) is 6.78. The van der Waals surface area contributed by atoms with Gasteiger partial charge in [-0.1, -0.05) is 12.1 Å². The SMILES string of the molecule is NCCC(=O)Nc1ccccc1N1CCCC1=O. The van der Waals surface area contributed by atoms with Crippen molar-refractivity contribution in [2.75, 3.05) is 23.3 Å². The van der Waals surface area contributed by atoms with Crippen LogP contribution in [0.1, 0.15) is 19.3 Å². The molecule has 5 nitrogen and oxygen atoms in total. The van der Waals surface area contributed by atoms with Gasteiger partial charge < -0.3 is 16.0 Å². The molecule has 1 aromatic rings. The molecule has 1 aliphatic heterocycles. The van der Waals surface area contributed by atoms with Crippen LogP contribution in [-0.2, 0) is 9.59 Å². The zero-order valence-corrected chi connectivity index (χ0v) is 10.2. The number of amides is 2. The molecule has 0 bridgehead atoms. The maximum atomic E-state index is 11.7. The molecule has 1 aromatic carbocycles. The van der Waals surface area contributed by atoms with Crippen molar-refractivity contribution < 1.29 is 9.59 Å². The van der Waals surface area contributed by atoms with Gasteiger partial charge in [0.25, 0.3) is 0 Å². The number of carbonyl (C=O) groups excluding carboxylic acids is 2. The smallest absolute Gasteiger partial charge is 0.227 e. The number of rotatable bonds is 4. The van der Waals surface area contributed by atoms with Crippen molar-refractivity contribution >= 4 is 23.2 Å². The van der Waals surface area contributed by atoms with E-state index in [9.17, 15) is 9.59 Å². The average molecular weight is 247 g/mol. The van der Waals surface area contributed by atoms with Crippen molar-refractivity contribution in [2.24, 2.45) is 5.73 Å². The molecule has 0 unspecified atom stereocenters. The lowest BCUT2D eigenvalue weighted by molar-refractivity contribution is -0.117. The average Bonchev–Trinajstić information content (AvgIpc) is 2.76. The van der Waals surface area contributed by atoms with Crippen molar-refractivity contribution in [2.45, 2.75) is 19.3 Å². The van der Waals surface area contributed by atoms with Gasteiger partial charge >= 0.3 is 0 Å². The number of benzene rings is 1. The number of anilines is 2. The van der Waals surface area contributed by atoms with Crippen LogP contribution in [0.3, 0.4) is 0 Å². The third-order valence-corrected chi connectivity index (χ3v) is 2.91. The Morgan fingerprint density at radius 2 is 2.17 bits per heavy atom. The first-order valence-corrected chi connectivity index (χ1v) is 6.11. The van der Waals surface area contributed by atoms with Gasteiger partial charge in [0.1, 0.15) is 0 Å². The van der Waals surface area contributed by atoms with E-state index in [-0.39, 0.29) is 18.2 Å². The second-order valence-electron chi connectivity index (χ2n) is 4.25. The molecular weight excluding hydrogens is 230 g/mol. The Hall–Kier alpha value is -1.88. The van der Waals surface area contributed by atoms with Crippen molar-refractivity contribution in [1.82, 2.24) is 0 Å². The zero-order valence-electron chi connectivity index (χ0n) is 10.2. The number of para-hydroxylation sites is 2. The lowest BCUT2D eigenvalue weighted by Crippen LogP contribution is -2.26. The first-order valence-electron chi connectivity index (χ1n) is 6.11. The van der Waals surface area contributed by atoms with E-state index in [0.717, 1.165) is 12.1 Å². The van der Waals surface area contributed by atoms with E-state index in [1.165, 1.54) is 0 Å². The van der Waals surface area contributed by atoms with Crippen molar-refractivity contribution in [1.29, 1.82) is 0 Å². The number of nitrogens with zero attached hydrogens (tertiary/aromatic N) is 1. The fourth-order valence-electron chi connectivity index (χ4n) is 2.06. The fraction of sp³-hybridized carbons (Fsp3) is 0.385. The van der Waals surface area contributed by atoms with Gasteiger partial charge in [0.15, 0.2) is 0 Å². The van der Waals surface area contributed by atoms with Gasteiger partial charge in [0.05, 0.1) is 11.4 Å². The third kappa shape index (κ3) is 2.68. The molecule has 2 rings (SSSR count). The van der Waals surface area contributed by atoms with Crippen LogP contribution in [0, 0.1) is 0 Å². The Morgan fingerprint density at radius 3 is 2.83 bits per heavy atom.